The van der Waals surface area contributed by atoms with Crippen molar-refractivity contribution in [1.29, 1.82) is 0 Å². The zero-order valence-electron chi connectivity index (χ0n) is 9.56. The molecule has 0 aromatic heterocycles. The van der Waals surface area contributed by atoms with Crippen LogP contribution >= 0.6 is 0 Å². The SMILES string of the molecule is COc1ccc(C2C3CCCN2OC3)cc1. The lowest BCUT2D eigenvalue weighted by molar-refractivity contribution is -0.135. The van der Waals surface area contributed by atoms with Gasteiger partial charge in [-0.05, 0) is 30.5 Å². The summed E-state index contributed by atoms with van der Waals surface area (Å²) in [5.74, 6) is 1.59. The van der Waals surface area contributed by atoms with Crippen molar-refractivity contribution in [2.24, 2.45) is 5.92 Å². The van der Waals surface area contributed by atoms with Gasteiger partial charge in [0.1, 0.15) is 5.75 Å². The van der Waals surface area contributed by atoms with E-state index >= 15 is 0 Å². The number of hydrogen-bond donors (Lipinski definition) is 0. The van der Waals surface area contributed by atoms with Crippen LogP contribution in [0.2, 0.25) is 0 Å². The van der Waals surface area contributed by atoms with E-state index in [9.17, 15) is 0 Å². The normalized spacial score (nSPS) is 32.7. The summed E-state index contributed by atoms with van der Waals surface area (Å²) in [6.07, 6.45) is 2.55. The Morgan fingerprint density at radius 2 is 2.12 bits per heavy atom. The minimum Gasteiger partial charge on any atom is -0.497 e. The molecule has 3 heteroatoms. The van der Waals surface area contributed by atoms with Gasteiger partial charge < -0.3 is 4.74 Å². The van der Waals surface area contributed by atoms with E-state index in [2.05, 4.69) is 17.2 Å². The first-order valence-electron chi connectivity index (χ1n) is 5.92. The molecule has 0 saturated carbocycles. The fourth-order valence-corrected chi connectivity index (χ4v) is 2.79. The van der Waals surface area contributed by atoms with Gasteiger partial charge in [-0.3, -0.25) is 4.84 Å². The number of hydrogen-bond acceptors (Lipinski definition) is 3. The first kappa shape index (κ1) is 10.1. The van der Waals surface area contributed by atoms with Crippen molar-refractivity contribution in [3.05, 3.63) is 29.8 Å². The molecule has 3 rings (SSSR count). The van der Waals surface area contributed by atoms with Crippen molar-refractivity contribution in [3.8, 4) is 5.75 Å². The monoisotopic (exact) mass is 219 g/mol. The Balaban J connectivity index is 1.86. The molecule has 16 heavy (non-hydrogen) atoms. The molecule has 0 aliphatic carbocycles. The standard InChI is InChI=1S/C13H17NO2/c1-15-12-6-4-10(5-7-12)13-11-3-2-8-14(13)16-9-11/h4-7,11,13H,2-3,8-9H2,1H3. The quantitative estimate of drug-likeness (QED) is 0.762. The average Bonchev–Trinajstić information content (AvgIpc) is 2.59. The van der Waals surface area contributed by atoms with Crippen molar-refractivity contribution in [2.75, 3.05) is 20.3 Å². The van der Waals surface area contributed by atoms with E-state index in [1.807, 2.05) is 12.1 Å². The summed E-state index contributed by atoms with van der Waals surface area (Å²) in [7, 11) is 1.70. The minimum absolute atomic E-state index is 0.458. The third-order valence-electron chi connectivity index (χ3n) is 3.62. The molecule has 2 heterocycles. The van der Waals surface area contributed by atoms with Crippen LogP contribution in [0.15, 0.2) is 24.3 Å². The fraction of sp³-hybridized carbons (Fsp3) is 0.538. The highest BCUT2D eigenvalue weighted by Gasteiger charge is 2.39. The smallest absolute Gasteiger partial charge is 0.118 e. The highest BCUT2D eigenvalue weighted by Crippen LogP contribution is 2.41. The number of piperidine rings is 1. The number of fused-ring (bicyclic) bond motifs is 2. The molecule has 2 aliphatic rings. The Morgan fingerprint density at radius 3 is 2.81 bits per heavy atom. The van der Waals surface area contributed by atoms with E-state index in [0.717, 1.165) is 18.9 Å². The highest BCUT2D eigenvalue weighted by atomic mass is 16.7. The van der Waals surface area contributed by atoms with Crippen LogP contribution in [0.4, 0.5) is 0 Å². The molecular formula is C13H17NO2. The second-order valence-corrected chi connectivity index (χ2v) is 4.56. The maximum Gasteiger partial charge on any atom is 0.118 e. The van der Waals surface area contributed by atoms with E-state index in [0.29, 0.717) is 12.0 Å². The van der Waals surface area contributed by atoms with Crippen LogP contribution in [0.1, 0.15) is 24.4 Å². The predicted molar refractivity (Wildman–Crippen MR) is 61.1 cm³/mol. The summed E-state index contributed by atoms with van der Waals surface area (Å²) >= 11 is 0. The summed E-state index contributed by atoms with van der Waals surface area (Å²) in [4.78, 5) is 5.70. The van der Waals surface area contributed by atoms with Gasteiger partial charge in [0.2, 0.25) is 0 Å². The van der Waals surface area contributed by atoms with E-state index < -0.39 is 0 Å². The summed E-state index contributed by atoms with van der Waals surface area (Å²) in [6, 6.07) is 8.83. The Morgan fingerprint density at radius 1 is 1.31 bits per heavy atom. The van der Waals surface area contributed by atoms with Crippen molar-refractivity contribution in [2.45, 2.75) is 18.9 Å². The van der Waals surface area contributed by atoms with Crippen LogP contribution < -0.4 is 4.74 Å². The lowest BCUT2D eigenvalue weighted by atomic mass is 9.88. The Hall–Kier alpha value is -1.06. The topological polar surface area (TPSA) is 21.7 Å². The van der Waals surface area contributed by atoms with Gasteiger partial charge in [0, 0.05) is 12.5 Å². The van der Waals surface area contributed by atoms with E-state index in [1.54, 1.807) is 7.11 Å². The van der Waals surface area contributed by atoms with Gasteiger partial charge in [-0.25, -0.2) is 0 Å². The molecule has 1 aromatic rings. The zero-order valence-corrected chi connectivity index (χ0v) is 9.56. The molecule has 2 aliphatic heterocycles. The van der Waals surface area contributed by atoms with Crippen LogP contribution in [-0.4, -0.2) is 25.3 Å². The third-order valence-corrected chi connectivity index (χ3v) is 3.62. The molecule has 3 atom stereocenters. The number of nitrogens with zero attached hydrogens (tertiary/aromatic N) is 1. The van der Waals surface area contributed by atoms with Gasteiger partial charge in [0.15, 0.2) is 0 Å². The van der Waals surface area contributed by atoms with Crippen molar-refractivity contribution in [3.63, 3.8) is 0 Å². The molecule has 3 unspecified atom stereocenters. The molecule has 0 amide bonds. The average molecular weight is 219 g/mol. The van der Waals surface area contributed by atoms with Gasteiger partial charge in [0.05, 0.1) is 19.8 Å². The van der Waals surface area contributed by atoms with Gasteiger partial charge in [-0.1, -0.05) is 12.1 Å². The third kappa shape index (κ3) is 1.60. The first-order valence-corrected chi connectivity index (χ1v) is 5.92. The molecule has 0 N–H and O–H groups in total. The molecule has 0 radical (unpaired) electrons. The molecule has 86 valence electrons. The molecule has 2 bridgehead atoms. The summed E-state index contributed by atoms with van der Waals surface area (Å²) < 4.78 is 5.18. The van der Waals surface area contributed by atoms with Gasteiger partial charge in [-0.2, -0.15) is 5.06 Å². The number of benzene rings is 1. The lowest BCUT2D eigenvalue weighted by Gasteiger charge is -2.30. The maximum atomic E-state index is 5.70. The molecule has 2 saturated heterocycles. The van der Waals surface area contributed by atoms with Crippen molar-refractivity contribution in [1.82, 2.24) is 5.06 Å². The number of ether oxygens (including phenoxy) is 1. The van der Waals surface area contributed by atoms with E-state index in [4.69, 9.17) is 9.57 Å². The van der Waals surface area contributed by atoms with Crippen LogP contribution in [0.5, 0.6) is 5.75 Å². The predicted octanol–water partition coefficient (Wildman–Crippen LogP) is 2.39. The molecule has 0 spiro atoms. The molecule has 1 aromatic carbocycles. The van der Waals surface area contributed by atoms with Crippen molar-refractivity contribution < 1.29 is 9.57 Å². The summed E-state index contributed by atoms with van der Waals surface area (Å²) in [5.41, 5.74) is 1.35. The number of hydroxylamine groups is 2. The van der Waals surface area contributed by atoms with E-state index in [-0.39, 0.29) is 0 Å². The van der Waals surface area contributed by atoms with Crippen molar-refractivity contribution >= 4 is 0 Å². The minimum atomic E-state index is 0.458. The van der Waals surface area contributed by atoms with E-state index in [1.165, 1.54) is 18.4 Å². The van der Waals surface area contributed by atoms with Crippen LogP contribution in [0.3, 0.4) is 0 Å². The lowest BCUT2D eigenvalue weighted by Crippen LogP contribution is -2.29. The number of methoxy groups -OCH3 is 1. The fourth-order valence-electron chi connectivity index (χ4n) is 2.79. The second-order valence-electron chi connectivity index (χ2n) is 4.56. The van der Waals surface area contributed by atoms with Crippen LogP contribution in [0, 0.1) is 5.92 Å². The highest BCUT2D eigenvalue weighted by molar-refractivity contribution is 5.30. The Kier molecular flexibility index (Phi) is 2.58. The molecule has 2 fully saturated rings. The van der Waals surface area contributed by atoms with Crippen LogP contribution in [0.25, 0.3) is 0 Å². The summed E-state index contributed by atoms with van der Waals surface area (Å²) in [5, 5.41) is 2.15. The largest absolute Gasteiger partial charge is 0.497 e. The Bertz CT molecular complexity index is 347. The Labute approximate surface area is 95.9 Å². The second kappa shape index (κ2) is 4.07. The van der Waals surface area contributed by atoms with Gasteiger partial charge >= 0.3 is 0 Å². The van der Waals surface area contributed by atoms with Gasteiger partial charge in [0.25, 0.3) is 0 Å². The summed E-state index contributed by atoms with van der Waals surface area (Å²) in [6.45, 7) is 1.95. The van der Waals surface area contributed by atoms with Gasteiger partial charge in [-0.15, -0.1) is 0 Å². The van der Waals surface area contributed by atoms with Crippen LogP contribution in [-0.2, 0) is 4.84 Å². The molecular weight excluding hydrogens is 202 g/mol. The molecule has 3 nitrogen and oxygen atoms in total. The number of rotatable bonds is 2. The maximum absolute atomic E-state index is 5.70. The zero-order chi connectivity index (χ0) is 11.0. The first-order chi connectivity index (χ1) is 7.88.